The lowest BCUT2D eigenvalue weighted by atomic mass is 9.74. The third-order valence-electron chi connectivity index (χ3n) is 5.59. The topological polar surface area (TPSA) is 54.9 Å². The molecule has 0 radical (unpaired) electrons. The van der Waals surface area contributed by atoms with Crippen LogP contribution in [0.4, 0.5) is 4.39 Å². The molecule has 1 saturated heterocycles. The molecule has 0 aromatic heterocycles. The van der Waals surface area contributed by atoms with Crippen molar-refractivity contribution >= 4 is 5.96 Å². The summed E-state index contributed by atoms with van der Waals surface area (Å²) in [6.07, 6.45) is 1.68. The van der Waals surface area contributed by atoms with Crippen LogP contribution in [0.25, 0.3) is 0 Å². The Labute approximate surface area is 172 Å². The second-order valence-electron chi connectivity index (χ2n) is 7.50. The first-order valence-corrected chi connectivity index (χ1v) is 9.98. The lowest BCUT2D eigenvalue weighted by Gasteiger charge is -2.38. The van der Waals surface area contributed by atoms with E-state index in [0.717, 1.165) is 35.3 Å². The van der Waals surface area contributed by atoms with E-state index in [1.54, 1.807) is 26.3 Å². The Morgan fingerprint density at radius 1 is 1.17 bits per heavy atom. The van der Waals surface area contributed by atoms with Gasteiger partial charge in [0.1, 0.15) is 11.6 Å². The monoisotopic (exact) mass is 399 g/mol. The zero-order valence-electron chi connectivity index (χ0n) is 17.4. The smallest absolute Gasteiger partial charge is 0.191 e. The third-order valence-corrected chi connectivity index (χ3v) is 5.59. The molecule has 0 unspecified atom stereocenters. The average molecular weight is 400 g/mol. The molecule has 2 N–H and O–H groups in total. The Morgan fingerprint density at radius 2 is 1.97 bits per heavy atom. The SMILES string of the molecule is CN=C(NCc1ccc(C)cc1OC)NCC1(c2cccc(F)c2)CCOCC1. The Hall–Kier alpha value is -2.60. The number of guanidine groups is 1. The largest absolute Gasteiger partial charge is 0.496 e. The molecule has 1 aliphatic heterocycles. The second kappa shape index (κ2) is 9.74. The van der Waals surface area contributed by atoms with Crippen molar-refractivity contribution in [3.05, 3.63) is 65.0 Å². The molecule has 0 aliphatic carbocycles. The van der Waals surface area contributed by atoms with E-state index in [4.69, 9.17) is 9.47 Å². The number of aryl methyl sites for hydroxylation is 1. The van der Waals surface area contributed by atoms with E-state index >= 15 is 0 Å². The van der Waals surface area contributed by atoms with Crippen molar-refractivity contribution in [3.8, 4) is 5.75 Å². The van der Waals surface area contributed by atoms with Gasteiger partial charge in [-0.1, -0.05) is 24.3 Å². The summed E-state index contributed by atoms with van der Waals surface area (Å²) in [7, 11) is 3.43. The van der Waals surface area contributed by atoms with Crippen molar-refractivity contribution in [2.24, 2.45) is 4.99 Å². The first-order valence-electron chi connectivity index (χ1n) is 9.98. The summed E-state index contributed by atoms with van der Waals surface area (Å²) in [5.41, 5.74) is 3.04. The van der Waals surface area contributed by atoms with Crippen LogP contribution in [-0.4, -0.2) is 39.9 Å². The van der Waals surface area contributed by atoms with Crippen molar-refractivity contribution in [2.45, 2.75) is 31.7 Å². The van der Waals surface area contributed by atoms with Gasteiger partial charge in [-0.15, -0.1) is 0 Å². The predicted octanol–water partition coefficient (Wildman–Crippen LogP) is 3.56. The van der Waals surface area contributed by atoms with Gasteiger partial charge < -0.3 is 20.1 Å². The molecule has 1 aliphatic rings. The van der Waals surface area contributed by atoms with Crippen molar-refractivity contribution in [1.82, 2.24) is 10.6 Å². The molecule has 3 rings (SSSR count). The minimum absolute atomic E-state index is 0.181. The van der Waals surface area contributed by atoms with Crippen molar-refractivity contribution in [1.29, 1.82) is 0 Å². The number of benzene rings is 2. The predicted molar refractivity (Wildman–Crippen MR) is 114 cm³/mol. The van der Waals surface area contributed by atoms with Crippen LogP contribution in [0.1, 0.15) is 29.5 Å². The average Bonchev–Trinajstić information content (AvgIpc) is 2.75. The standard InChI is InChI=1S/C23H30FN3O2/c1-17-7-8-18(21(13-17)28-3)15-26-22(25-2)27-16-23(9-11-29-12-10-23)19-5-4-6-20(24)14-19/h4-8,13-14H,9-12,15-16H2,1-3H3,(H2,25,26,27). The summed E-state index contributed by atoms with van der Waals surface area (Å²) in [5, 5.41) is 6.79. The van der Waals surface area contributed by atoms with Gasteiger partial charge in [-0.2, -0.15) is 0 Å². The maximum atomic E-state index is 13.9. The molecule has 0 bridgehead atoms. The van der Waals surface area contributed by atoms with Gasteiger partial charge in [-0.3, -0.25) is 4.99 Å². The fourth-order valence-corrected chi connectivity index (χ4v) is 3.80. The fraction of sp³-hybridized carbons (Fsp3) is 0.435. The quantitative estimate of drug-likeness (QED) is 0.576. The van der Waals surface area contributed by atoms with Crippen LogP contribution in [0, 0.1) is 12.7 Å². The van der Waals surface area contributed by atoms with Gasteiger partial charge >= 0.3 is 0 Å². The van der Waals surface area contributed by atoms with Crippen LogP contribution in [0.3, 0.4) is 0 Å². The lowest BCUT2D eigenvalue weighted by Crippen LogP contribution is -2.48. The number of nitrogens with zero attached hydrogens (tertiary/aromatic N) is 1. The normalized spacial score (nSPS) is 16.3. The lowest BCUT2D eigenvalue weighted by molar-refractivity contribution is 0.0513. The van der Waals surface area contributed by atoms with Gasteiger partial charge in [0.2, 0.25) is 0 Å². The van der Waals surface area contributed by atoms with Crippen molar-refractivity contribution < 1.29 is 13.9 Å². The molecule has 2 aromatic carbocycles. The fourth-order valence-electron chi connectivity index (χ4n) is 3.80. The summed E-state index contributed by atoms with van der Waals surface area (Å²) in [4.78, 5) is 4.35. The summed E-state index contributed by atoms with van der Waals surface area (Å²) in [6, 6.07) is 13.0. The number of rotatable bonds is 6. The highest BCUT2D eigenvalue weighted by atomic mass is 19.1. The summed E-state index contributed by atoms with van der Waals surface area (Å²) < 4.78 is 24.9. The molecular weight excluding hydrogens is 369 g/mol. The number of aliphatic imine (C=N–C) groups is 1. The van der Waals surface area contributed by atoms with E-state index in [-0.39, 0.29) is 11.2 Å². The molecule has 0 amide bonds. The summed E-state index contributed by atoms with van der Waals surface area (Å²) >= 11 is 0. The molecular formula is C23H30FN3O2. The van der Waals surface area contributed by atoms with E-state index < -0.39 is 0 Å². The highest BCUT2D eigenvalue weighted by Gasteiger charge is 2.35. The third kappa shape index (κ3) is 5.26. The molecule has 6 heteroatoms. The summed E-state index contributed by atoms with van der Waals surface area (Å²) in [5.74, 6) is 1.35. The van der Waals surface area contributed by atoms with E-state index in [0.29, 0.717) is 32.3 Å². The van der Waals surface area contributed by atoms with E-state index in [1.807, 2.05) is 19.1 Å². The number of ether oxygens (including phenoxy) is 2. The molecule has 0 spiro atoms. The number of halogens is 1. The second-order valence-corrected chi connectivity index (χ2v) is 7.50. The Bertz CT molecular complexity index is 848. The highest BCUT2D eigenvalue weighted by molar-refractivity contribution is 5.79. The zero-order valence-corrected chi connectivity index (χ0v) is 17.4. The molecule has 29 heavy (non-hydrogen) atoms. The first-order chi connectivity index (χ1) is 14.1. The minimum atomic E-state index is -0.206. The molecule has 1 heterocycles. The molecule has 1 fully saturated rings. The zero-order chi connectivity index (χ0) is 20.7. The first kappa shape index (κ1) is 21.1. The summed E-state index contributed by atoms with van der Waals surface area (Å²) in [6.45, 7) is 4.64. The Kier molecular flexibility index (Phi) is 7.09. The van der Waals surface area contributed by atoms with Gasteiger partial charge in [-0.25, -0.2) is 4.39 Å². The Balaban J connectivity index is 1.68. The van der Waals surface area contributed by atoms with Gasteiger partial charge in [0.05, 0.1) is 7.11 Å². The van der Waals surface area contributed by atoms with Crippen molar-refractivity contribution in [3.63, 3.8) is 0 Å². The van der Waals surface area contributed by atoms with Crippen LogP contribution >= 0.6 is 0 Å². The van der Waals surface area contributed by atoms with Crippen LogP contribution in [-0.2, 0) is 16.7 Å². The molecule has 156 valence electrons. The van der Waals surface area contributed by atoms with Crippen LogP contribution < -0.4 is 15.4 Å². The number of methoxy groups -OCH3 is 1. The van der Waals surface area contributed by atoms with E-state index in [1.165, 1.54) is 6.07 Å². The molecule has 2 aromatic rings. The molecule has 0 saturated carbocycles. The molecule has 5 nitrogen and oxygen atoms in total. The van der Waals surface area contributed by atoms with Gasteiger partial charge in [0, 0.05) is 44.3 Å². The molecule has 0 atom stereocenters. The van der Waals surface area contributed by atoms with Gasteiger partial charge in [0.25, 0.3) is 0 Å². The number of hydrogen-bond acceptors (Lipinski definition) is 3. The maximum absolute atomic E-state index is 13.9. The van der Waals surface area contributed by atoms with E-state index in [9.17, 15) is 4.39 Å². The van der Waals surface area contributed by atoms with Crippen LogP contribution in [0.15, 0.2) is 47.5 Å². The number of nitrogens with one attached hydrogen (secondary N) is 2. The van der Waals surface area contributed by atoms with E-state index in [2.05, 4.69) is 27.8 Å². The minimum Gasteiger partial charge on any atom is -0.496 e. The Morgan fingerprint density at radius 3 is 2.66 bits per heavy atom. The van der Waals surface area contributed by atoms with Crippen molar-refractivity contribution in [2.75, 3.05) is 33.9 Å². The maximum Gasteiger partial charge on any atom is 0.191 e. The number of hydrogen-bond donors (Lipinski definition) is 2. The van der Waals surface area contributed by atoms with Crippen LogP contribution in [0.2, 0.25) is 0 Å². The van der Waals surface area contributed by atoms with Gasteiger partial charge in [0.15, 0.2) is 5.96 Å². The highest BCUT2D eigenvalue weighted by Crippen LogP contribution is 2.34. The van der Waals surface area contributed by atoms with Crippen LogP contribution in [0.5, 0.6) is 5.75 Å². The van der Waals surface area contributed by atoms with Gasteiger partial charge in [-0.05, 0) is 49.1 Å².